The Hall–Kier alpha value is -6.18. The van der Waals surface area contributed by atoms with Gasteiger partial charge in [0.15, 0.2) is 0 Å². The molecule has 7 aromatic rings. The second kappa shape index (κ2) is 11.4. The van der Waals surface area contributed by atoms with Gasteiger partial charge in [0, 0.05) is 22.4 Å². The van der Waals surface area contributed by atoms with Crippen LogP contribution >= 0.6 is 0 Å². The van der Waals surface area contributed by atoms with Crippen LogP contribution in [0.25, 0.3) is 39.0 Å². The van der Waals surface area contributed by atoms with Crippen molar-refractivity contribution in [3.8, 4) is 33.4 Å². The highest BCUT2D eigenvalue weighted by Crippen LogP contribution is 2.66. The van der Waals surface area contributed by atoms with E-state index in [9.17, 15) is 0 Å². The molecule has 1 nitrogen and oxygen atoms in total. The Morgan fingerprint density at radius 1 is 0.500 bits per heavy atom. The number of fused-ring (bicyclic) bond motifs is 12. The Labute approximate surface area is 318 Å². The summed E-state index contributed by atoms with van der Waals surface area (Å²) in [6.07, 6.45) is 5.87. The lowest BCUT2D eigenvalue weighted by Gasteiger charge is -2.32. The number of anilines is 3. The molecule has 0 radical (unpaired) electrons. The first-order valence-electron chi connectivity index (χ1n) is 19.4. The van der Waals surface area contributed by atoms with E-state index >= 15 is 0 Å². The molecule has 258 valence electrons. The number of rotatable bonds is 4. The molecule has 4 aliphatic carbocycles. The number of nitrogens with zero attached hydrogens (tertiary/aromatic N) is 1. The normalized spacial score (nSPS) is 19.2. The van der Waals surface area contributed by atoms with Crippen molar-refractivity contribution in [3.05, 3.63) is 215 Å². The van der Waals surface area contributed by atoms with Crippen LogP contribution in [-0.2, 0) is 10.8 Å². The Balaban J connectivity index is 1.19. The maximum atomic E-state index is 2.52. The van der Waals surface area contributed by atoms with E-state index < -0.39 is 5.41 Å². The summed E-state index contributed by atoms with van der Waals surface area (Å²) in [6.45, 7) is 7.20. The minimum atomic E-state index is -0.452. The Morgan fingerprint density at radius 3 is 1.83 bits per heavy atom. The molecule has 0 amide bonds. The van der Waals surface area contributed by atoms with Gasteiger partial charge >= 0.3 is 0 Å². The first-order chi connectivity index (χ1) is 26.5. The molecular formula is C53H41N. The van der Waals surface area contributed by atoms with Crippen molar-refractivity contribution in [3.63, 3.8) is 0 Å². The van der Waals surface area contributed by atoms with Crippen LogP contribution in [0.15, 0.2) is 182 Å². The van der Waals surface area contributed by atoms with Gasteiger partial charge in [0.1, 0.15) is 0 Å². The molecule has 1 heteroatoms. The predicted molar refractivity (Wildman–Crippen MR) is 226 cm³/mol. The lowest BCUT2D eigenvalue weighted by atomic mass is 9.70. The molecule has 2 atom stereocenters. The molecule has 7 aromatic carbocycles. The average molecular weight is 692 g/mol. The molecule has 11 rings (SSSR count). The summed E-state index contributed by atoms with van der Waals surface area (Å²) < 4.78 is 0. The molecule has 0 N–H and O–H groups in total. The van der Waals surface area contributed by atoms with Crippen LogP contribution in [0.1, 0.15) is 60.6 Å². The topological polar surface area (TPSA) is 3.24 Å². The maximum Gasteiger partial charge on any atom is 0.0726 e. The zero-order valence-corrected chi connectivity index (χ0v) is 31.0. The van der Waals surface area contributed by atoms with Crippen LogP contribution in [0.2, 0.25) is 0 Å². The van der Waals surface area contributed by atoms with Gasteiger partial charge < -0.3 is 4.90 Å². The van der Waals surface area contributed by atoms with Gasteiger partial charge in [0.05, 0.1) is 11.1 Å². The SMILES string of the molecule is CC1CC=CC2=C1c1ccc(N(c3ccccc3)c3cccc4c3-c3ccccc3C43c4ccccc4-c4c(-c5ccccc5)cccc43)cc1C2(C)C. The van der Waals surface area contributed by atoms with Gasteiger partial charge in [0.25, 0.3) is 0 Å². The summed E-state index contributed by atoms with van der Waals surface area (Å²) in [7, 11) is 0. The lowest BCUT2D eigenvalue weighted by molar-refractivity contribution is 0.643. The van der Waals surface area contributed by atoms with E-state index in [-0.39, 0.29) is 5.41 Å². The summed E-state index contributed by atoms with van der Waals surface area (Å²) in [5, 5.41) is 0. The molecule has 0 aromatic heterocycles. The number of para-hydroxylation sites is 1. The van der Waals surface area contributed by atoms with E-state index in [1.165, 1.54) is 89.3 Å². The molecule has 0 bridgehead atoms. The fourth-order valence-electron chi connectivity index (χ4n) is 10.7. The molecule has 0 saturated heterocycles. The summed E-state index contributed by atoms with van der Waals surface area (Å²) in [5.74, 6) is 0.520. The van der Waals surface area contributed by atoms with Crippen molar-refractivity contribution in [2.75, 3.05) is 4.90 Å². The van der Waals surface area contributed by atoms with Gasteiger partial charge in [-0.2, -0.15) is 0 Å². The van der Waals surface area contributed by atoms with Gasteiger partial charge in [-0.15, -0.1) is 0 Å². The van der Waals surface area contributed by atoms with Crippen molar-refractivity contribution in [2.45, 2.75) is 38.0 Å². The summed E-state index contributed by atoms with van der Waals surface area (Å²) in [6, 6.07) is 61.5. The van der Waals surface area contributed by atoms with Crippen molar-refractivity contribution >= 4 is 22.6 Å². The molecule has 54 heavy (non-hydrogen) atoms. The molecule has 0 heterocycles. The predicted octanol–water partition coefficient (Wildman–Crippen LogP) is 13.8. The summed E-state index contributed by atoms with van der Waals surface area (Å²) >= 11 is 0. The summed E-state index contributed by atoms with van der Waals surface area (Å²) in [4.78, 5) is 2.52. The van der Waals surface area contributed by atoms with E-state index in [4.69, 9.17) is 0 Å². The monoisotopic (exact) mass is 691 g/mol. The van der Waals surface area contributed by atoms with Gasteiger partial charge in [-0.05, 0) is 115 Å². The zero-order valence-electron chi connectivity index (χ0n) is 31.0. The summed E-state index contributed by atoms with van der Waals surface area (Å²) in [5.41, 5.74) is 22.1. The Kier molecular flexibility index (Phi) is 6.62. The van der Waals surface area contributed by atoms with Crippen molar-refractivity contribution < 1.29 is 0 Å². The molecular weight excluding hydrogens is 651 g/mol. The zero-order chi connectivity index (χ0) is 36.2. The molecule has 2 unspecified atom stereocenters. The van der Waals surface area contributed by atoms with Crippen molar-refractivity contribution in [1.29, 1.82) is 0 Å². The lowest BCUT2D eigenvalue weighted by Crippen LogP contribution is -2.26. The van der Waals surface area contributed by atoms with Crippen LogP contribution < -0.4 is 4.90 Å². The molecule has 0 saturated carbocycles. The van der Waals surface area contributed by atoms with Gasteiger partial charge in [-0.1, -0.05) is 166 Å². The second-order valence-electron chi connectivity index (χ2n) is 16.0. The number of allylic oxidation sites excluding steroid dienone is 4. The highest BCUT2D eigenvalue weighted by Gasteiger charge is 2.53. The molecule has 1 spiro atoms. The fraction of sp³-hybridized carbons (Fsp3) is 0.132. The Morgan fingerprint density at radius 2 is 1.09 bits per heavy atom. The maximum absolute atomic E-state index is 2.52. The minimum Gasteiger partial charge on any atom is -0.310 e. The molecule has 0 fully saturated rings. The fourth-order valence-corrected chi connectivity index (χ4v) is 10.7. The number of hydrogen-bond acceptors (Lipinski definition) is 1. The third-order valence-electron chi connectivity index (χ3n) is 12.9. The van der Waals surface area contributed by atoms with Crippen LogP contribution in [0.3, 0.4) is 0 Å². The van der Waals surface area contributed by atoms with Crippen LogP contribution in [-0.4, -0.2) is 0 Å². The minimum absolute atomic E-state index is 0.0722. The third kappa shape index (κ3) is 4.05. The smallest absolute Gasteiger partial charge is 0.0726 e. The van der Waals surface area contributed by atoms with Crippen molar-refractivity contribution in [2.24, 2.45) is 5.92 Å². The van der Waals surface area contributed by atoms with Gasteiger partial charge in [-0.25, -0.2) is 0 Å². The first-order valence-corrected chi connectivity index (χ1v) is 19.4. The van der Waals surface area contributed by atoms with Crippen LogP contribution in [0, 0.1) is 5.92 Å². The average Bonchev–Trinajstić information content (AvgIpc) is 3.78. The quantitative estimate of drug-likeness (QED) is 0.178. The number of hydrogen-bond donors (Lipinski definition) is 0. The highest BCUT2D eigenvalue weighted by atomic mass is 15.1. The van der Waals surface area contributed by atoms with Crippen LogP contribution in [0.5, 0.6) is 0 Å². The highest BCUT2D eigenvalue weighted by molar-refractivity contribution is 6.03. The largest absolute Gasteiger partial charge is 0.310 e. The second-order valence-corrected chi connectivity index (χ2v) is 16.0. The third-order valence-corrected chi connectivity index (χ3v) is 12.9. The van der Waals surface area contributed by atoms with E-state index in [2.05, 4.69) is 202 Å². The van der Waals surface area contributed by atoms with E-state index in [1.807, 2.05) is 0 Å². The van der Waals surface area contributed by atoms with E-state index in [0.29, 0.717) is 5.92 Å². The van der Waals surface area contributed by atoms with Gasteiger partial charge in [0.2, 0.25) is 0 Å². The standard InChI is InChI=1S/C53H41N/c1-34-17-14-27-44-49(34)41-32-31-37(33-47(41)52(44,2)3)54(36-20-8-5-9-21-36)48-30-16-29-46-51(48)40-23-11-13-26-43(40)53(46)42-25-12-10-22-39(42)50-38(24-15-28-45(50)53)35-18-6-4-7-19-35/h4-16,18-34H,17H2,1-3H3. The molecule has 0 aliphatic heterocycles. The van der Waals surface area contributed by atoms with Crippen LogP contribution in [0.4, 0.5) is 17.1 Å². The van der Waals surface area contributed by atoms with Crippen molar-refractivity contribution in [1.82, 2.24) is 0 Å². The van der Waals surface area contributed by atoms with E-state index in [1.54, 1.807) is 0 Å². The first kappa shape index (κ1) is 31.4. The van der Waals surface area contributed by atoms with Gasteiger partial charge in [-0.3, -0.25) is 0 Å². The molecule has 4 aliphatic rings. The number of benzene rings is 7. The Bertz CT molecular complexity index is 2730. The van der Waals surface area contributed by atoms with E-state index in [0.717, 1.165) is 12.1 Å².